The van der Waals surface area contributed by atoms with Gasteiger partial charge in [-0.05, 0) is 59.2 Å². The van der Waals surface area contributed by atoms with Crippen LogP contribution in [0.5, 0.6) is 0 Å². The van der Waals surface area contributed by atoms with Crippen LogP contribution < -0.4 is 5.32 Å². The van der Waals surface area contributed by atoms with E-state index in [4.69, 9.17) is 0 Å². The maximum atomic E-state index is 3.62. The summed E-state index contributed by atoms with van der Waals surface area (Å²) in [5.74, 6) is 0.876. The van der Waals surface area contributed by atoms with Crippen LogP contribution in [0.2, 0.25) is 0 Å². The molecule has 0 radical (unpaired) electrons. The van der Waals surface area contributed by atoms with Crippen molar-refractivity contribution in [1.82, 2.24) is 10.2 Å². The Balaban J connectivity index is 2.10. The highest BCUT2D eigenvalue weighted by Crippen LogP contribution is 2.17. The third kappa shape index (κ3) is 5.86. The first-order valence-corrected chi connectivity index (χ1v) is 6.98. The number of nitrogens with one attached hydrogen (secondary N) is 1. The van der Waals surface area contributed by atoms with Gasteiger partial charge < -0.3 is 10.2 Å². The van der Waals surface area contributed by atoms with Crippen LogP contribution in [0.1, 0.15) is 53.4 Å². The van der Waals surface area contributed by atoms with Crippen molar-refractivity contribution < 1.29 is 0 Å². The van der Waals surface area contributed by atoms with Gasteiger partial charge in [-0.2, -0.15) is 0 Å². The van der Waals surface area contributed by atoms with Crippen LogP contribution in [0.25, 0.3) is 0 Å². The highest BCUT2D eigenvalue weighted by atomic mass is 15.1. The molecule has 1 atom stereocenters. The highest BCUT2D eigenvalue weighted by molar-refractivity contribution is 4.80. The molecule has 16 heavy (non-hydrogen) atoms. The summed E-state index contributed by atoms with van der Waals surface area (Å²) in [7, 11) is 0. The van der Waals surface area contributed by atoms with Crippen molar-refractivity contribution in [1.29, 1.82) is 0 Å². The van der Waals surface area contributed by atoms with Crippen LogP contribution in [-0.4, -0.2) is 36.6 Å². The Labute approximate surface area is 102 Å². The Morgan fingerprint density at radius 2 is 2.00 bits per heavy atom. The van der Waals surface area contributed by atoms with Crippen LogP contribution in [0.3, 0.4) is 0 Å². The minimum atomic E-state index is 0.273. The molecule has 1 rings (SSSR count). The number of unbranched alkanes of at least 4 members (excludes halogenated alkanes) is 2. The van der Waals surface area contributed by atoms with Crippen molar-refractivity contribution in [2.75, 3.05) is 26.2 Å². The summed E-state index contributed by atoms with van der Waals surface area (Å²) in [6.45, 7) is 14.2. The summed E-state index contributed by atoms with van der Waals surface area (Å²) >= 11 is 0. The predicted molar refractivity (Wildman–Crippen MR) is 71.8 cm³/mol. The summed E-state index contributed by atoms with van der Waals surface area (Å²) in [5.41, 5.74) is 0.273. The van der Waals surface area contributed by atoms with E-state index in [1.807, 2.05) is 0 Å². The molecule has 0 amide bonds. The average molecular weight is 226 g/mol. The van der Waals surface area contributed by atoms with Crippen molar-refractivity contribution in [3.63, 3.8) is 0 Å². The minimum Gasteiger partial charge on any atom is -0.312 e. The molecule has 1 aliphatic rings. The zero-order chi connectivity index (χ0) is 12.0. The fourth-order valence-electron chi connectivity index (χ4n) is 2.32. The zero-order valence-electron chi connectivity index (χ0n) is 11.7. The second-order valence-corrected chi connectivity index (χ2v) is 6.29. The van der Waals surface area contributed by atoms with Crippen LogP contribution in [0.4, 0.5) is 0 Å². The van der Waals surface area contributed by atoms with Crippen LogP contribution >= 0.6 is 0 Å². The van der Waals surface area contributed by atoms with Gasteiger partial charge in [0.15, 0.2) is 0 Å². The second kappa shape index (κ2) is 6.61. The molecule has 1 N–H and O–H groups in total. The van der Waals surface area contributed by atoms with Gasteiger partial charge in [-0.1, -0.05) is 19.8 Å². The Morgan fingerprint density at radius 1 is 1.25 bits per heavy atom. The van der Waals surface area contributed by atoms with E-state index in [1.54, 1.807) is 0 Å². The van der Waals surface area contributed by atoms with E-state index in [0.29, 0.717) is 0 Å². The first-order valence-electron chi connectivity index (χ1n) is 6.98. The average Bonchev–Trinajstić information content (AvgIpc) is 2.62. The van der Waals surface area contributed by atoms with Crippen molar-refractivity contribution in [3.05, 3.63) is 0 Å². The molecule has 0 aromatic heterocycles. The molecule has 0 bridgehead atoms. The fraction of sp³-hybridized carbons (Fsp3) is 1.00. The monoisotopic (exact) mass is 226 g/mol. The lowest BCUT2D eigenvalue weighted by Crippen LogP contribution is -2.39. The van der Waals surface area contributed by atoms with Gasteiger partial charge in [0.1, 0.15) is 0 Å². The summed E-state index contributed by atoms with van der Waals surface area (Å²) in [4.78, 5) is 2.64. The Kier molecular flexibility index (Phi) is 5.77. The molecule has 0 saturated carbocycles. The lowest BCUT2D eigenvalue weighted by Gasteiger charge is -2.23. The largest absolute Gasteiger partial charge is 0.312 e. The van der Waals surface area contributed by atoms with Crippen molar-refractivity contribution in [2.24, 2.45) is 5.92 Å². The molecule has 1 aliphatic heterocycles. The van der Waals surface area contributed by atoms with E-state index in [0.717, 1.165) is 5.92 Å². The number of nitrogens with zero attached hydrogens (tertiary/aromatic N) is 1. The van der Waals surface area contributed by atoms with Crippen LogP contribution in [0, 0.1) is 5.92 Å². The molecule has 96 valence electrons. The molecule has 0 aliphatic carbocycles. The second-order valence-electron chi connectivity index (χ2n) is 6.29. The molecule has 1 fully saturated rings. The van der Waals surface area contributed by atoms with Gasteiger partial charge in [-0.15, -0.1) is 0 Å². The van der Waals surface area contributed by atoms with E-state index in [-0.39, 0.29) is 5.54 Å². The van der Waals surface area contributed by atoms with Crippen molar-refractivity contribution in [2.45, 2.75) is 58.9 Å². The van der Waals surface area contributed by atoms with E-state index in [9.17, 15) is 0 Å². The highest BCUT2D eigenvalue weighted by Gasteiger charge is 2.22. The first kappa shape index (κ1) is 14.0. The molecular formula is C14H30N2. The van der Waals surface area contributed by atoms with Gasteiger partial charge in [0, 0.05) is 12.1 Å². The topological polar surface area (TPSA) is 15.3 Å². The van der Waals surface area contributed by atoms with Gasteiger partial charge in [-0.3, -0.25) is 0 Å². The molecule has 1 heterocycles. The standard InChI is InChI=1S/C14H30N2/c1-5-6-7-9-16-10-8-13(12-16)11-15-14(2,3)4/h13,15H,5-12H2,1-4H3. The summed E-state index contributed by atoms with van der Waals surface area (Å²) in [6, 6.07) is 0. The third-order valence-corrected chi connectivity index (χ3v) is 3.37. The lowest BCUT2D eigenvalue weighted by molar-refractivity contribution is 0.305. The van der Waals surface area contributed by atoms with Crippen LogP contribution in [-0.2, 0) is 0 Å². The molecule has 2 nitrogen and oxygen atoms in total. The number of hydrogen-bond donors (Lipinski definition) is 1. The molecule has 0 aromatic rings. The molecule has 1 saturated heterocycles. The van der Waals surface area contributed by atoms with Gasteiger partial charge in [0.2, 0.25) is 0 Å². The van der Waals surface area contributed by atoms with Crippen molar-refractivity contribution in [3.8, 4) is 0 Å². The fourth-order valence-corrected chi connectivity index (χ4v) is 2.32. The quantitative estimate of drug-likeness (QED) is 0.701. The van der Waals surface area contributed by atoms with E-state index in [2.05, 4.69) is 37.9 Å². The number of rotatable bonds is 6. The maximum absolute atomic E-state index is 3.62. The van der Waals surface area contributed by atoms with Gasteiger partial charge in [0.05, 0.1) is 0 Å². The Bertz CT molecular complexity index is 184. The smallest absolute Gasteiger partial charge is 0.00966 e. The zero-order valence-corrected chi connectivity index (χ0v) is 11.7. The van der Waals surface area contributed by atoms with Gasteiger partial charge in [-0.25, -0.2) is 0 Å². The maximum Gasteiger partial charge on any atom is 0.00966 e. The van der Waals surface area contributed by atoms with Gasteiger partial charge in [0.25, 0.3) is 0 Å². The molecule has 0 spiro atoms. The Hall–Kier alpha value is -0.0800. The minimum absolute atomic E-state index is 0.273. The summed E-state index contributed by atoms with van der Waals surface area (Å²) in [6.07, 6.45) is 5.50. The molecule has 0 aromatic carbocycles. The lowest BCUT2D eigenvalue weighted by atomic mass is 10.1. The van der Waals surface area contributed by atoms with Crippen LogP contribution in [0.15, 0.2) is 0 Å². The SMILES string of the molecule is CCCCCN1CCC(CNC(C)(C)C)C1. The van der Waals surface area contributed by atoms with E-state index >= 15 is 0 Å². The third-order valence-electron chi connectivity index (χ3n) is 3.37. The predicted octanol–water partition coefficient (Wildman–Crippen LogP) is 2.89. The number of likely N-dealkylation sites (tertiary alicyclic amines) is 1. The molecular weight excluding hydrogens is 196 g/mol. The molecule has 1 unspecified atom stereocenters. The van der Waals surface area contributed by atoms with E-state index in [1.165, 1.54) is 51.9 Å². The Morgan fingerprint density at radius 3 is 2.62 bits per heavy atom. The van der Waals surface area contributed by atoms with E-state index < -0.39 is 0 Å². The molecule has 2 heteroatoms. The van der Waals surface area contributed by atoms with Crippen molar-refractivity contribution >= 4 is 0 Å². The first-order chi connectivity index (χ1) is 7.51. The normalized spacial score (nSPS) is 22.9. The summed E-state index contributed by atoms with van der Waals surface area (Å²) in [5, 5.41) is 3.62. The van der Waals surface area contributed by atoms with Gasteiger partial charge >= 0.3 is 0 Å². The number of hydrogen-bond acceptors (Lipinski definition) is 2. The summed E-state index contributed by atoms with van der Waals surface area (Å²) < 4.78 is 0.